The van der Waals surface area contributed by atoms with Gasteiger partial charge in [-0.2, -0.15) is 0 Å². The molecule has 0 saturated carbocycles. The highest BCUT2D eigenvalue weighted by molar-refractivity contribution is 6.35. The minimum atomic E-state index is -0.0396. The number of aromatic nitrogens is 3. The highest BCUT2D eigenvalue weighted by atomic mass is 35.5. The van der Waals surface area contributed by atoms with Gasteiger partial charge in [0, 0.05) is 16.6 Å². The molecule has 0 unspecified atom stereocenters. The van der Waals surface area contributed by atoms with E-state index in [0.29, 0.717) is 16.6 Å². The smallest absolute Gasteiger partial charge is 0.0965 e. The number of nitrogens with one attached hydrogen (secondary N) is 1. The molecule has 0 radical (unpaired) electrons. The van der Waals surface area contributed by atoms with Crippen molar-refractivity contribution in [3.05, 3.63) is 45.7 Å². The van der Waals surface area contributed by atoms with Crippen LogP contribution in [0.2, 0.25) is 10.0 Å². The highest BCUT2D eigenvalue weighted by Gasteiger charge is 2.14. The first-order chi connectivity index (χ1) is 9.86. The van der Waals surface area contributed by atoms with Crippen molar-refractivity contribution in [1.29, 1.82) is 0 Å². The van der Waals surface area contributed by atoms with Gasteiger partial charge in [0.05, 0.1) is 17.4 Å². The lowest BCUT2D eigenvalue weighted by atomic mass is 10.1. The van der Waals surface area contributed by atoms with Gasteiger partial charge >= 0.3 is 0 Å². The summed E-state index contributed by atoms with van der Waals surface area (Å²) in [6.45, 7) is 7.81. The Labute approximate surface area is 135 Å². The van der Waals surface area contributed by atoms with E-state index in [1.54, 1.807) is 6.07 Å². The van der Waals surface area contributed by atoms with E-state index in [0.717, 1.165) is 24.2 Å². The number of halogens is 2. The maximum atomic E-state index is 6.14. The van der Waals surface area contributed by atoms with Crippen LogP contribution in [0.1, 0.15) is 32.0 Å². The Morgan fingerprint density at radius 3 is 2.62 bits per heavy atom. The Hall–Kier alpha value is -1.10. The molecule has 0 amide bonds. The van der Waals surface area contributed by atoms with E-state index in [1.165, 1.54) is 0 Å². The Balaban J connectivity index is 1.81. The fourth-order valence-electron chi connectivity index (χ4n) is 1.87. The van der Waals surface area contributed by atoms with E-state index in [9.17, 15) is 0 Å². The number of hydrogen-bond donors (Lipinski definition) is 1. The molecule has 4 nitrogen and oxygen atoms in total. The van der Waals surface area contributed by atoms with Crippen LogP contribution in [0.25, 0.3) is 0 Å². The van der Waals surface area contributed by atoms with Crippen LogP contribution in [0.4, 0.5) is 0 Å². The molecule has 6 heteroatoms. The Morgan fingerprint density at radius 2 is 2.00 bits per heavy atom. The summed E-state index contributed by atoms with van der Waals surface area (Å²) >= 11 is 12.0. The fourth-order valence-corrected chi connectivity index (χ4v) is 2.37. The van der Waals surface area contributed by atoms with Crippen LogP contribution < -0.4 is 5.32 Å². The molecule has 1 aromatic heterocycles. The van der Waals surface area contributed by atoms with Gasteiger partial charge in [0.1, 0.15) is 0 Å². The maximum Gasteiger partial charge on any atom is 0.0965 e. The van der Waals surface area contributed by atoms with Gasteiger partial charge in [-0.05, 0) is 51.4 Å². The molecule has 0 atom stereocenters. The summed E-state index contributed by atoms with van der Waals surface area (Å²) in [6, 6.07) is 5.59. The lowest BCUT2D eigenvalue weighted by Gasteiger charge is -2.17. The summed E-state index contributed by atoms with van der Waals surface area (Å²) in [6.07, 6.45) is 2.83. The third kappa shape index (κ3) is 4.70. The van der Waals surface area contributed by atoms with Gasteiger partial charge in [0.2, 0.25) is 0 Å². The zero-order chi connectivity index (χ0) is 15.5. The summed E-state index contributed by atoms with van der Waals surface area (Å²) in [5.41, 5.74) is 1.99. The first kappa shape index (κ1) is 16.3. The van der Waals surface area contributed by atoms with Gasteiger partial charge in [-0.3, -0.25) is 0 Å². The minimum Gasteiger partial charge on any atom is -0.311 e. The van der Waals surface area contributed by atoms with Crippen LogP contribution in [0.15, 0.2) is 24.4 Å². The summed E-state index contributed by atoms with van der Waals surface area (Å²) < 4.78 is 1.88. The lowest BCUT2D eigenvalue weighted by molar-refractivity contribution is 0.347. The molecule has 0 aliphatic carbocycles. The molecule has 0 bridgehead atoms. The summed E-state index contributed by atoms with van der Waals surface area (Å²) in [7, 11) is 0. The van der Waals surface area contributed by atoms with Crippen molar-refractivity contribution in [2.24, 2.45) is 0 Å². The van der Waals surface area contributed by atoms with Gasteiger partial charge in [0.25, 0.3) is 0 Å². The molecule has 0 fully saturated rings. The van der Waals surface area contributed by atoms with Gasteiger partial charge in [-0.25, -0.2) is 4.68 Å². The SMILES string of the molecule is CC(C)(C)n1cc(CNCCc2ccc(Cl)cc2Cl)nn1. The molecule has 0 spiro atoms. The van der Waals surface area contributed by atoms with Crippen molar-refractivity contribution in [3.8, 4) is 0 Å². The molecule has 2 aromatic rings. The fraction of sp³-hybridized carbons (Fsp3) is 0.467. The summed E-state index contributed by atoms with van der Waals surface area (Å²) in [5.74, 6) is 0. The normalized spacial score (nSPS) is 11.9. The molecule has 1 aromatic carbocycles. The van der Waals surface area contributed by atoms with Crippen molar-refractivity contribution in [3.63, 3.8) is 0 Å². The largest absolute Gasteiger partial charge is 0.311 e. The number of benzene rings is 1. The standard InChI is InChI=1S/C15H20Cl2N4/c1-15(2,3)21-10-13(19-20-21)9-18-7-6-11-4-5-12(16)8-14(11)17/h4-5,8,10,18H,6-7,9H2,1-3H3. The van der Waals surface area contributed by atoms with E-state index >= 15 is 0 Å². The Morgan fingerprint density at radius 1 is 1.24 bits per heavy atom. The van der Waals surface area contributed by atoms with Crippen molar-refractivity contribution in [2.75, 3.05) is 6.54 Å². The molecular formula is C15H20Cl2N4. The van der Waals surface area contributed by atoms with E-state index < -0.39 is 0 Å². The lowest BCUT2D eigenvalue weighted by Crippen LogP contribution is -2.22. The van der Waals surface area contributed by atoms with Crippen molar-refractivity contribution in [1.82, 2.24) is 20.3 Å². The van der Waals surface area contributed by atoms with Crippen molar-refractivity contribution >= 4 is 23.2 Å². The third-order valence-corrected chi connectivity index (χ3v) is 3.71. The van der Waals surface area contributed by atoms with Crippen LogP contribution in [0, 0.1) is 0 Å². The number of nitrogens with zero attached hydrogens (tertiary/aromatic N) is 3. The quantitative estimate of drug-likeness (QED) is 0.852. The van der Waals surface area contributed by atoms with Gasteiger partial charge < -0.3 is 5.32 Å². The van der Waals surface area contributed by atoms with E-state index in [4.69, 9.17) is 23.2 Å². The summed E-state index contributed by atoms with van der Waals surface area (Å²) in [5, 5.41) is 13.0. The van der Waals surface area contributed by atoms with E-state index in [1.807, 2.05) is 23.0 Å². The zero-order valence-electron chi connectivity index (χ0n) is 12.5. The van der Waals surface area contributed by atoms with Crippen LogP contribution in [-0.2, 0) is 18.5 Å². The number of rotatable bonds is 5. The molecule has 21 heavy (non-hydrogen) atoms. The Kier molecular flexibility index (Phi) is 5.25. The van der Waals surface area contributed by atoms with E-state index in [-0.39, 0.29) is 5.54 Å². The molecular weight excluding hydrogens is 307 g/mol. The van der Waals surface area contributed by atoms with Crippen molar-refractivity contribution < 1.29 is 0 Å². The van der Waals surface area contributed by atoms with Gasteiger partial charge in [0.15, 0.2) is 0 Å². The van der Waals surface area contributed by atoms with Crippen LogP contribution >= 0.6 is 23.2 Å². The zero-order valence-corrected chi connectivity index (χ0v) is 14.0. The monoisotopic (exact) mass is 326 g/mol. The Bertz CT molecular complexity index is 602. The predicted octanol–water partition coefficient (Wildman–Crippen LogP) is 3.67. The highest BCUT2D eigenvalue weighted by Crippen LogP contribution is 2.21. The molecule has 0 aliphatic rings. The number of hydrogen-bond acceptors (Lipinski definition) is 3. The molecule has 0 aliphatic heterocycles. The first-order valence-corrected chi connectivity index (χ1v) is 7.68. The van der Waals surface area contributed by atoms with Gasteiger partial charge in [-0.15, -0.1) is 5.10 Å². The predicted molar refractivity (Wildman–Crippen MR) is 86.9 cm³/mol. The second-order valence-corrected chi connectivity index (χ2v) is 6.83. The second kappa shape index (κ2) is 6.77. The topological polar surface area (TPSA) is 42.7 Å². The molecule has 1 heterocycles. The van der Waals surface area contributed by atoms with E-state index in [2.05, 4.69) is 36.4 Å². The van der Waals surface area contributed by atoms with Crippen LogP contribution in [-0.4, -0.2) is 21.5 Å². The van der Waals surface area contributed by atoms with Crippen LogP contribution in [0.3, 0.4) is 0 Å². The van der Waals surface area contributed by atoms with Crippen molar-refractivity contribution in [2.45, 2.75) is 39.3 Å². The third-order valence-electron chi connectivity index (χ3n) is 3.12. The van der Waals surface area contributed by atoms with Crippen LogP contribution in [0.5, 0.6) is 0 Å². The van der Waals surface area contributed by atoms with Gasteiger partial charge in [-0.1, -0.05) is 34.5 Å². The molecule has 2 rings (SSSR count). The minimum absolute atomic E-state index is 0.0396. The molecule has 114 valence electrons. The summed E-state index contributed by atoms with van der Waals surface area (Å²) in [4.78, 5) is 0. The molecule has 1 N–H and O–H groups in total. The average molecular weight is 327 g/mol. The maximum absolute atomic E-state index is 6.14. The molecule has 0 saturated heterocycles. The second-order valence-electron chi connectivity index (χ2n) is 5.99. The average Bonchev–Trinajstić information content (AvgIpc) is 2.85. The first-order valence-electron chi connectivity index (χ1n) is 6.92.